The van der Waals surface area contributed by atoms with Gasteiger partial charge in [0.1, 0.15) is 5.65 Å². The van der Waals surface area contributed by atoms with E-state index in [1.807, 2.05) is 30.5 Å². The van der Waals surface area contributed by atoms with Gasteiger partial charge in [0.15, 0.2) is 0 Å². The molecule has 3 aromatic rings. The number of nitrogens with zero attached hydrogens (tertiary/aromatic N) is 4. The van der Waals surface area contributed by atoms with E-state index in [9.17, 15) is 4.79 Å². The fourth-order valence-electron chi connectivity index (χ4n) is 4.95. The van der Waals surface area contributed by atoms with Crippen molar-refractivity contribution in [2.24, 2.45) is 0 Å². The minimum Gasteiger partial charge on any atom is -0.381 e. The van der Waals surface area contributed by atoms with Gasteiger partial charge in [-0.05, 0) is 43.2 Å². The van der Waals surface area contributed by atoms with Gasteiger partial charge in [0.2, 0.25) is 5.95 Å². The summed E-state index contributed by atoms with van der Waals surface area (Å²) in [4.78, 5) is 23.1. The number of benzene rings is 1. The molecule has 1 aliphatic heterocycles. The van der Waals surface area contributed by atoms with Crippen LogP contribution in [0.2, 0.25) is 0 Å². The summed E-state index contributed by atoms with van der Waals surface area (Å²) >= 11 is 0. The second kappa shape index (κ2) is 7.41. The maximum Gasteiger partial charge on any atom is 0.253 e. The van der Waals surface area contributed by atoms with Gasteiger partial charge in [0.25, 0.3) is 5.91 Å². The van der Waals surface area contributed by atoms with Crippen LogP contribution in [-0.2, 0) is 12.1 Å². The van der Waals surface area contributed by atoms with Gasteiger partial charge < -0.3 is 20.1 Å². The fourth-order valence-corrected chi connectivity index (χ4v) is 4.95. The number of fused-ring (bicyclic) bond motifs is 4. The van der Waals surface area contributed by atoms with Crippen LogP contribution >= 0.6 is 0 Å². The number of hydrogen-bond donors (Lipinski definition) is 2. The summed E-state index contributed by atoms with van der Waals surface area (Å²) < 4.78 is 2.41. The monoisotopic (exact) mass is 416 g/mol. The standard InChI is InChI=1S/C24H28N6O/c1-16-24(11-5-4-6-12-24)30-20(15-25-16)13-18-14-26-23(28-21(18)30)27-19-9-7-17(8-10-19)22(31)29(2)3/h7-10,13-14,25H,1,4-6,11-12,15H2,2-3H3,(H,26,27,28). The van der Waals surface area contributed by atoms with Crippen molar-refractivity contribution >= 4 is 28.6 Å². The van der Waals surface area contributed by atoms with E-state index in [4.69, 9.17) is 4.98 Å². The molecule has 0 radical (unpaired) electrons. The highest BCUT2D eigenvalue weighted by Crippen LogP contribution is 2.44. The number of carbonyl (C=O) groups is 1. The van der Waals surface area contributed by atoms with E-state index < -0.39 is 0 Å². The Morgan fingerprint density at radius 3 is 2.65 bits per heavy atom. The molecule has 2 aliphatic rings. The van der Waals surface area contributed by atoms with Crippen molar-refractivity contribution in [3.8, 4) is 0 Å². The van der Waals surface area contributed by atoms with Crippen molar-refractivity contribution in [2.75, 3.05) is 19.4 Å². The van der Waals surface area contributed by atoms with Gasteiger partial charge in [-0.3, -0.25) is 4.79 Å². The molecule has 3 heterocycles. The van der Waals surface area contributed by atoms with Crippen molar-refractivity contribution in [1.82, 2.24) is 24.8 Å². The molecule has 0 bridgehead atoms. The molecular formula is C24H28N6O. The predicted octanol–water partition coefficient (Wildman–Crippen LogP) is 4.15. The summed E-state index contributed by atoms with van der Waals surface area (Å²) in [6, 6.07) is 9.58. The highest BCUT2D eigenvalue weighted by Gasteiger charge is 2.41. The van der Waals surface area contributed by atoms with E-state index in [0.717, 1.165) is 41.8 Å². The molecule has 2 N–H and O–H groups in total. The molecular weight excluding hydrogens is 388 g/mol. The first-order valence-electron chi connectivity index (χ1n) is 10.9. The van der Waals surface area contributed by atoms with E-state index in [-0.39, 0.29) is 11.4 Å². The van der Waals surface area contributed by atoms with Crippen LogP contribution in [0.25, 0.3) is 11.0 Å². The molecule has 1 spiro atoms. The van der Waals surface area contributed by atoms with Crippen LogP contribution in [0.1, 0.15) is 48.2 Å². The Balaban J connectivity index is 1.50. The number of amides is 1. The first-order chi connectivity index (χ1) is 15.0. The molecule has 0 saturated heterocycles. The van der Waals surface area contributed by atoms with Crippen LogP contribution in [0.5, 0.6) is 0 Å². The molecule has 2 aromatic heterocycles. The molecule has 1 aromatic carbocycles. The van der Waals surface area contributed by atoms with Gasteiger partial charge in [-0.2, -0.15) is 4.98 Å². The summed E-state index contributed by atoms with van der Waals surface area (Å²) in [6.07, 6.45) is 7.74. The summed E-state index contributed by atoms with van der Waals surface area (Å²) in [6.45, 7) is 5.14. The van der Waals surface area contributed by atoms with E-state index in [0.29, 0.717) is 11.5 Å². The summed E-state index contributed by atoms with van der Waals surface area (Å²) in [5, 5.41) is 7.87. The van der Waals surface area contributed by atoms with Crippen molar-refractivity contribution in [1.29, 1.82) is 0 Å². The topological polar surface area (TPSA) is 75.1 Å². The minimum absolute atomic E-state index is 0.0179. The summed E-state index contributed by atoms with van der Waals surface area (Å²) in [5.74, 6) is 0.533. The van der Waals surface area contributed by atoms with Crippen LogP contribution in [0.3, 0.4) is 0 Å². The average molecular weight is 417 g/mol. The van der Waals surface area contributed by atoms with Crippen molar-refractivity contribution in [3.63, 3.8) is 0 Å². The zero-order valence-electron chi connectivity index (χ0n) is 18.1. The molecule has 1 aliphatic carbocycles. The van der Waals surface area contributed by atoms with Crippen molar-refractivity contribution in [3.05, 3.63) is 60.1 Å². The van der Waals surface area contributed by atoms with Gasteiger partial charge in [-0.25, -0.2) is 4.98 Å². The maximum atomic E-state index is 12.1. The van der Waals surface area contributed by atoms with Gasteiger partial charge >= 0.3 is 0 Å². The molecule has 0 atom stereocenters. The lowest BCUT2D eigenvalue weighted by atomic mass is 9.78. The molecule has 160 valence electrons. The lowest BCUT2D eigenvalue weighted by molar-refractivity contribution is 0.0827. The van der Waals surface area contributed by atoms with Gasteiger partial charge in [0, 0.05) is 48.3 Å². The Labute approximate surface area is 182 Å². The number of carbonyl (C=O) groups excluding carboxylic acids is 1. The van der Waals surface area contributed by atoms with Crippen molar-refractivity contribution in [2.45, 2.75) is 44.2 Å². The third-order valence-corrected chi connectivity index (χ3v) is 6.56. The molecule has 7 heteroatoms. The lowest BCUT2D eigenvalue weighted by Crippen LogP contribution is -2.47. The van der Waals surface area contributed by atoms with Gasteiger partial charge in [0.05, 0.1) is 12.1 Å². The smallest absolute Gasteiger partial charge is 0.253 e. The quantitative estimate of drug-likeness (QED) is 0.671. The Morgan fingerprint density at radius 2 is 1.94 bits per heavy atom. The van der Waals surface area contributed by atoms with Gasteiger partial charge in [-0.15, -0.1) is 0 Å². The number of allylic oxidation sites excluding steroid dienone is 1. The first-order valence-corrected chi connectivity index (χ1v) is 10.9. The minimum atomic E-state index is -0.104. The number of anilines is 2. The normalized spacial score (nSPS) is 17.3. The SMILES string of the molecule is C=C1NCc2cc3cnc(Nc4ccc(C(=O)N(C)C)cc4)nc3n2C12CCCCC2. The zero-order chi connectivity index (χ0) is 21.6. The number of aromatic nitrogens is 3. The second-order valence-electron chi connectivity index (χ2n) is 8.77. The number of hydrogen-bond acceptors (Lipinski definition) is 5. The molecule has 31 heavy (non-hydrogen) atoms. The van der Waals surface area contributed by atoms with Gasteiger partial charge in [-0.1, -0.05) is 25.8 Å². The van der Waals surface area contributed by atoms with E-state index in [1.54, 1.807) is 19.0 Å². The van der Waals surface area contributed by atoms with E-state index >= 15 is 0 Å². The Kier molecular flexibility index (Phi) is 4.68. The molecule has 7 nitrogen and oxygen atoms in total. The summed E-state index contributed by atoms with van der Waals surface area (Å²) in [5.41, 5.74) is 4.69. The fraction of sp³-hybridized carbons (Fsp3) is 0.375. The third-order valence-electron chi connectivity index (χ3n) is 6.56. The lowest BCUT2D eigenvalue weighted by Gasteiger charge is -2.45. The maximum absolute atomic E-state index is 12.1. The average Bonchev–Trinajstić information content (AvgIpc) is 3.16. The molecule has 0 unspecified atom stereocenters. The Hall–Kier alpha value is -3.35. The van der Waals surface area contributed by atoms with E-state index in [1.165, 1.54) is 25.0 Å². The van der Waals surface area contributed by atoms with Crippen LogP contribution in [0.15, 0.2) is 48.8 Å². The predicted molar refractivity (Wildman–Crippen MR) is 122 cm³/mol. The van der Waals surface area contributed by atoms with Crippen LogP contribution in [-0.4, -0.2) is 39.4 Å². The molecule has 5 rings (SSSR count). The Bertz CT molecular complexity index is 1150. The molecule has 1 fully saturated rings. The number of rotatable bonds is 3. The van der Waals surface area contributed by atoms with E-state index in [2.05, 4.69) is 32.8 Å². The summed E-state index contributed by atoms with van der Waals surface area (Å²) in [7, 11) is 3.50. The van der Waals surface area contributed by atoms with Crippen LogP contribution in [0, 0.1) is 0 Å². The number of nitrogens with one attached hydrogen (secondary N) is 2. The molecule has 1 amide bonds. The second-order valence-corrected chi connectivity index (χ2v) is 8.77. The largest absolute Gasteiger partial charge is 0.381 e. The highest BCUT2D eigenvalue weighted by atomic mass is 16.2. The highest BCUT2D eigenvalue weighted by molar-refractivity contribution is 5.94. The first kappa shape index (κ1) is 19.6. The third kappa shape index (κ3) is 3.24. The van der Waals surface area contributed by atoms with Crippen LogP contribution < -0.4 is 10.6 Å². The van der Waals surface area contributed by atoms with Crippen LogP contribution in [0.4, 0.5) is 11.6 Å². The molecule has 1 saturated carbocycles. The zero-order valence-corrected chi connectivity index (χ0v) is 18.1. The van der Waals surface area contributed by atoms with Crippen molar-refractivity contribution < 1.29 is 4.79 Å². The Morgan fingerprint density at radius 1 is 1.19 bits per heavy atom.